The summed E-state index contributed by atoms with van der Waals surface area (Å²) in [6.07, 6.45) is 6.70. The lowest BCUT2D eigenvalue weighted by atomic mass is 9.64. The van der Waals surface area contributed by atoms with Gasteiger partial charge in [0.2, 0.25) is 0 Å². The molecule has 8 aromatic rings. The van der Waals surface area contributed by atoms with E-state index in [-0.39, 0.29) is 0 Å². The molecule has 1 aromatic heterocycles. The van der Waals surface area contributed by atoms with Gasteiger partial charge in [-0.05, 0) is 87.7 Å². The second-order valence-corrected chi connectivity index (χ2v) is 14.6. The average molecular weight is 718 g/mol. The highest BCUT2D eigenvalue weighted by Crippen LogP contribution is 2.63. The molecule has 264 valence electrons. The number of hydrogen-bond donors (Lipinski definition) is 0. The topological polar surface area (TPSA) is 47.9 Å². The molecule has 0 amide bonds. The Balaban J connectivity index is 1.02. The van der Waals surface area contributed by atoms with Gasteiger partial charge in [-0.25, -0.2) is 15.0 Å². The molecular weight excluding hydrogens is 683 g/mol. The number of ether oxygens (including phenoxy) is 1. The second kappa shape index (κ2) is 13.0. The van der Waals surface area contributed by atoms with Crippen LogP contribution in [0.1, 0.15) is 35.1 Å². The summed E-state index contributed by atoms with van der Waals surface area (Å²) in [5, 5.41) is 0. The molecule has 4 nitrogen and oxygen atoms in total. The van der Waals surface area contributed by atoms with Gasteiger partial charge in [-0.3, -0.25) is 0 Å². The van der Waals surface area contributed by atoms with E-state index < -0.39 is 5.41 Å². The van der Waals surface area contributed by atoms with E-state index in [0.717, 1.165) is 63.3 Å². The van der Waals surface area contributed by atoms with Crippen molar-refractivity contribution in [2.24, 2.45) is 0 Å². The molecule has 1 aliphatic heterocycles. The summed E-state index contributed by atoms with van der Waals surface area (Å²) >= 11 is 0. The predicted octanol–water partition coefficient (Wildman–Crippen LogP) is 12.8. The summed E-state index contributed by atoms with van der Waals surface area (Å²) in [6.45, 7) is 0. The molecule has 1 atom stereocenters. The van der Waals surface area contributed by atoms with Crippen molar-refractivity contribution in [1.29, 1.82) is 0 Å². The summed E-state index contributed by atoms with van der Waals surface area (Å²) in [7, 11) is 0. The van der Waals surface area contributed by atoms with Crippen molar-refractivity contribution in [3.63, 3.8) is 0 Å². The molecule has 1 spiro atoms. The van der Waals surface area contributed by atoms with Gasteiger partial charge < -0.3 is 4.74 Å². The lowest BCUT2D eigenvalue weighted by Gasteiger charge is -2.41. The zero-order valence-corrected chi connectivity index (χ0v) is 30.6. The summed E-state index contributed by atoms with van der Waals surface area (Å²) in [5.41, 5.74) is 14.8. The van der Waals surface area contributed by atoms with Crippen molar-refractivity contribution in [2.75, 3.05) is 0 Å². The van der Waals surface area contributed by atoms with Crippen LogP contribution in [0.3, 0.4) is 0 Å². The van der Waals surface area contributed by atoms with Crippen LogP contribution in [0.5, 0.6) is 11.5 Å². The van der Waals surface area contributed by atoms with E-state index in [1.54, 1.807) is 0 Å². The highest BCUT2D eigenvalue weighted by atomic mass is 16.5. The molecule has 0 saturated heterocycles. The molecule has 2 heterocycles. The van der Waals surface area contributed by atoms with Crippen LogP contribution < -0.4 is 4.74 Å². The number of aromatic nitrogens is 3. The first-order chi connectivity index (χ1) is 27.7. The Morgan fingerprint density at radius 3 is 1.62 bits per heavy atom. The summed E-state index contributed by atoms with van der Waals surface area (Å²) in [4.78, 5) is 14.9. The van der Waals surface area contributed by atoms with E-state index in [9.17, 15) is 0 Å². The van der Waals surface area contributed by atoms with Gasteiger partial charge in [-0.2, -0.15) is 0 Å². The van der Waals surface area contributed by atoms with Crippen molar-refractivity contribution in [2.45, 2.75) is 18.3 Å². The van der Waals surface area contributed by atoms with Crippen LogP contribution >= 0.6 is 0 Å². The van der Waals surface area contributed by atoms with Crippen LogP contribution in [0.4, 0.5) is 0 Å². The second-order valence-electron chi connectivity index (χ2n) is 14.6. The lowest BCUT2D eigenvalue weighted by Crippen LogP contribution is -2.33. The Morgan fingerprint density at radius 1 is 0.411 bits per heavy atom. The highest BCUT2D eigenvalue weighted by molar-refractivity contribution is 5.93. The van der Waals surface area contributed by atoms with Crippen molar-refractivity contribution in [1.82, 2.24) is 15.0 Å². The van der Waals surface area contributed by atoms with Gasteiger partial charge in [-0.15, -0.1) is 0 Å². The van der Waals surface area contributed by atoms with Crippen LogP contribution in [-0.2, 0) is 5.41 Å². The van der Waals surface area contributed by atoms with Gasteiger partial charge in [0.25, 0.3) is 0 Å². The minimum absolute atomic E-state index is 0.426. The van der Waals surface area contributed by atoms with Crippen molar-refractivity contribution < 1.29 is 4.74 Å². The van der Waals surface area contributed by atoms with Gasteiger partial charge in [-0.1, -0.05) is 158 Å². The number of para-hydroxylation sites is 1. The fraction of sp³-hybridized carbons (Fsp3) is 0.0577. The van der Waals surface area contributed by atoms with Gasteiger partial charge in [0.1, 0.15) is 11.5 Å². The first-order valence-electron chi connectivity index (χ1n) is 19.2. The van der Waals surface area contributed by atoms with E-state index >= 15 is 0 Å². The molecule has 0 fully saturated rings. The maximum Gasteiger partial charge on any atom is 0.164 e. The van der Waals surface area contributed by atoms with Crippen LogP contribution in [0, 0.1) is 0 Å². The predicted molar refractivity (Wildman–Crippen MR) is 225 cm³/mol. The van der Waals surface area contributed by atoms with E-state index in [0.29, 0.717) is 17.5 Å². The molecule has 7 aromatic carbocycles. The number of fused-ring (bicyclic) bond motifs is 8. The third-order valence-corrected chi connectivity index (χ3v) is 11.5. The van der Waals surface area contributed by atoms with Gasteiger partial charge in [0, 0.05) is 27.8 Å². The van der Waals surface area contributed by atoms with Gasteiger partial charge in [0.15, 0.2) is 17.5 Å². The standard InChI is InChI=1S/C52H35N3O/c1-3-15-34(16-4-1)49-53-50(35-17-5-2-6-18-35)55-51(54-49)40-22-14-21-38(32-40)36-19-13-20-37(31-36)39-29-30-48-46(33-39)52(45-27-11-12-28-47(45)56-48)43-25-9-7-23-41(43)42-24-8-10-26-44(42)52/h1-9,11-25,27-33H,10,26H2. The Bertz CT molecular complexity index is 2840. The Morgan fingerprint density at radius 2 is 0.929 bits per heavy atom. The molecular formula is C52H35N3O. The smallest absolute Gasteiger partial charge is 0.164 e. The van der Waals surface area contributed by atoms with Crippen LogP contribution in [0.25, 0.3) is 62.0 Å². The molecule has 2 aliphatic carbocycles. The molecule has 1 unspecified atom stereocenters. The molecule has 0 saturated carbocycles. The first-order valence-corrected chi connectivity index (χ1v) is 19.2. The number of nitrogens with zero attached hydrogens (tertiary/aromatic N) is 3. The largest absolute Gasteiger partial charge is 0.457 e. The zero-order chi connectivity index (χ0) is 37.1. The molecule has 0 radical (unpaired) electrons. The Labute approximate surface area is 326 Å². The molecule has 0 bridgehead atoms. The summed E-state index contributed by atoms with van der Waals surface area (Å²) in [5.74, 6) is 3.78. The zero-order valence-electron chi connectivity index (χ0n) is 30.6. The van der Waals surface area contributed by atoms with Crippen molar-refractivity contribution in [3.8, 4) is 67.9 Å². The van der Waals surface area contributed by atoms with Gasteiger partial charge >= 0.3 is 0 Å². The third-order valence-electron chi connectivity index (χ3n) is 11.5. The SMILES string of the molecule is C1=CC2=C(CC1)C1(c3ccccc3Oc3ccc(-c4cccc(-c5cccc(-c6nc(-c7ccccc7)nc(-c7ccccc7)n6)c5)c4)cc31)c1ccccc12. The van der Waals surface area contributed by atoms with E-state index in [1.165, 1.54) is 33.4 Å². The van der Waals surface area contributed by atoms with Crippen LogP contribution in [0.2, 0.25) is 0 Å². The molecule has 11 rings (SSSR count). The maximum absolute atomic E-state index is 6.71. The quantitative estimate of drug-likeness (QED) is 0.178. The Hall–Kier alpha value is -7.17. The van der Waals surface area contributed by atoms with Crippen molar-refractivity contribution in [3.05, 3.63) is 216 Å². The first kappa shape index (κ1) is 32.3. The summed E-state index contributed by atoms with van der Waals surface area (Å²) in [6, 6.07) is 61.9. The monoisotopic (exact) mass is 717 g/mol. The van der Waals surface area contributed by atoms with Crippen LogP contribution in [-0.4, -0.2) is 15.0 Å². The van der Waals surface area contributed by atoms with Gasteiger partial charge in [0.05, 0.1) is 5.41 Å². The molecule has 3 aliphatic rings. The lowest BCUT2D eigenvalue weighted by molar-refractivity contribution is 0.432. The maximum atomic E-state index is 6.71. The van der Waals surface area contributed by atoms with E-state index in [2.05, 4.69) is 127 Å². The molecule has 0 N–H and O–H groups in total. The van der Waals surface area contributed by atoms with Crippen LogP contribution in [0.15, 0.2) is 194 Å². The van der Waals surface area contributed by atoms with E-state index in [1.807, 2.05) is 60.7 Å². The number of benzene rings is 7. The number of allylic oxidation sites excluding steroid dienone is 4. The number of rotatable bonds is 5. The highest BCUT2D eigenvalue weighted by Gasteiger charge is 2.52. The summed E-state index contributed by atoms with van der Waals surface area (Å²) < 4.78 is 6.71. The minimum atomic E-state index is -0.426. The number of hydrogen-bond acceptors (Lipinski definition) is 4. The third kappa shape index (κ3) is 5.10. The molecule has 56 heavy (non-hydrogen) atoms. The normalized spacial score (nSPS) is 16.1. The fourth-order valence-electron chi connectivity index (χ4n) is 9.00. The average Bonchev–Trinajstić information content (AvgIpc) is 3.57. The van der Waals surface area contributed by atoms with Crippen molar-refractivity contribution >= 4 is 5.57 Å². The fourth-order valence-corrected chi connectivity index (χ4v) is 9.00. The molecule has 4 heteroatoms. The Kier molecular flexibility index (Phi) is 7.49. The minimum Gasteiger partial charge on any atom is -0.457 e. The van der Waals surface area contributed by atoms with E-state index in [4.69, 9.17) is 19.7 Å².